The van der Waals surface area contributed by atoms with Gasteiger partial charge in [-0.2, -0.15) is 0 Å². The van der Waals surface area contributed by atoms with Crippen molar-refractivity contribution < 1.29 is 24.5 Å². The molecule has 0 aromatic rings. The van der Waals surface area contributed by atoms with E-state index in [9.17, 15) is 19.8 Å². The largest absolute Gasteiger partial charge is 0.466 e. The lowest BCUT2D eigenvalue weighted by molar-refractivity contribution is -0.143. The molecule has 0 aliphatic carbocycles. The minimum Gasteiger partial charge on any atom is -0.466 e. The number of unbranched alkanes of at least 4 members (excludes halogenated alkanes) is 45. The number of aliphatic hydroxyl groups is 2. The molecule has 6 nitrogen and oxygen atoms in total. The number of allylic oxidation sites excluding steroid dienone is 5. The number of esters is 1. The number of hydrogen-bond donors (Lipinski definition) is 3. The third kappa shape index (κ3) is 57.4. The number of nitrogens with one attached hydrogen (secondary N) is 1. The van der Waals surface area contributed by atoms with Gasteiger partial charge < -0.3 is 20.3 Å². The van der Waals surface area contributed by atoms with Crippen molar-refractivity contribution in [2.24, 2.45) is 0 Å². The van der Waals surface area contributed by atoms with Crippen molar-refractivity contribution in [1.29, 1.82) is 0 Å². The van der Waals surface area contributed by atoms with Gasteiger partial charge in [0.25, 0.3) is 0 Å². The zero-order chi connectivity index (χ0) is 52.2. The first kappa shape index (κ1) is 70.1. The van der Waals surface area contributed by atoms with Crippen molar-refractivity contribution in [3.63, 3.8) is 0 Å². The molecule has 0 saturated heterocycles. The van der Waals surface area contributed by atoms with Gasteiger partial charge in [-0.3, -0.25) is 9.59 Å². The molecule has 0 aliphatic heterocycles. The van der Waals surface area contributed by atoms with Crippen LogP contribution in [0.4, 0.5) is 0 Å². The summed E-state index contributed by atoms with van der Waals surface area (Å²) in [5, 5.41) is 23.2. The maximum absolute atomic E-state index is 12.5. The number of ether oxygens (including phenoxy) is 1. The summed E-state index contributed by atoms with van der Waals surface area (Å²) in [6.07, 6.45) is 77.6. The fourth-order valence-corrected chi connectivity index (χ4v) is 9.92. The van der Waals surface area contributed by atoms with Crippen molar-refractivity contribution in [3.05, 3.63) is 36.5 Å². The van der Waals surface area contributed by atoms with Crippen molar-refractivity contribution in [2.75, 3.05) is 13.2 Å². The second-order valence-electron chi connectivity index (χ2n) is 22.1. The van der Waals surface area contributed by atoms with Crippen molar-refractivity contribution in [2.45, 2.75) is 360 Å². The van der Waals surface area contributed by atoms with Crippen molar-refractivity contribution >= 4 is 11.9 Å². The number of carbonyl (C=O) groups excluding carboxylic acids is 2. The molecule has 0 radical (unpaired) electrons. The lowest BCUT2D eigenvalue weighted by Crippen LogP contribution is -2.45. The van der Waals surface area contributed by atoms with Gasteiger partial charge in [0.1, 0.15) is 0 Å². The van der Waals surface area contributed by atoms with E-state index in [2.05, 4.69) is 43.5 Å². The van der Waals surface area contributed by atoms with E-state index < -0.39 is 12.1 Å². The molecular weight excluding hydrogens is 887 g/mol. The third-order valence-corrected chi connectivity index (χ3v) is 14.9. The van der Waals surface area contributed by atoms with Gasteiger partial charge in [0.15, 0.2) is 0 Å². The summed E-state index contributed by atoms with van der Waals surface area (Å²) in [5.74, 6) is -0.0881. The minimum absolute atomic E-state index is 0.0109. The van der Waals surface area contributed by atoms with Crippen LogP contribution in [-0.4, -0.2) is 47.4 Å². The summed E-state index contributed by atoms with van der Waals surface area (Å²) in [5.41, 5.74) is 0. The molecule has 0 aliphatic rings. The molecular formula is C66H125NO5. The van der Waals surface area contributed by atoms with E-state index in [-0.39, 0.29) is 18.5 Å². The highest BCUT2D eigenvalue weighted by Crippen LogP contribution is 2.17. The quantitative estimate of drug-likeness (QED) is 0.0320. The first-order valence-electron chi connectivity index (χ1n) is 32.3. The number of hydrogen-bond acceptors (Lipinski definition) is 5. The summed E-state index contributed by atoms with van der Waals surface area (Å²) >= 11 is 0. The fraction of sp³-hybridized carbons (Fsp3) is 0.879. The van der Waals surface area contributed by atoms with Crippen LogP contribution in [0, 0.1) is 0 Å². The standard InChI is InChI=1S/C66H125NO5/c1-3-5-7-9-11-13-15-17-19-20-21-22-23-24-25-26-28-31-34-38-42-46-50-54-58-64(69)63(62-68)67-65(70)59-55-51-47-43-39-35-32-29-27-30-33-37-41-45-49-53-57-61-72-66(71)60-56-52-48-44-40-36-18-16-14-12-10-8-6-4-2/h16,18,27,30,54,58,63-64,68-69H,3-15,17,19-26,28-29,31-53,55-57,59-62H2,1-2H3,(H,67,70)/b18-16-,30-27-,58-54+. The van der Waals surface area contributed by atoms with Gasteiger partial charge in [-0.05, 0) is 83.5 Å². The number of carbonyl (C=O) groups is 2. The maximum Gasteiger partial charge on any atom is 0.305 e. The molecule has 0 aromatic carbocycles. The molecule has 1 amide bonds. The van der Waals surface area contributed by atoms with Crippen molar-refractivity contribution in [1.82, 2.24) is 5.32 Å². The Kier molecular flexibility index (Phi) is 60.0. The molecule has 0 bridgehead atoms. The predicted octanol–water partition coefficient (Wildman–Crippen LogP) is 20.4. The van der Waals surface area contributed by atoms with Crippen LogP contribution in [0.15, 0.2) is 36.5 Å². The van der Waals surface area contributed by atoms with E-state index in [1.807, 2.05) is 6.08 Å². The summed E-state index contributed by atoms with van der Waals surface area (Å²) < 4.78 is 5.47. The summed E-state index contributed by atoms with van der Waals surface area (Å²) in [4.78, 5) is 24.6. The molecule has 2 atom stereocenters. The summed E-state index contributed by atoms with van der Waals surface area (Å²) in [6.45, 7) is 4.89. The molecule has 6 heteroatoms. The van der Waals surface area contributed by atoms with Crippen LogP contribution in [0.25, 0.3) is 0 Å². The number of rotatable bonds is 60. The average molecular weight is 1010 g/mol. The molecule has 2 unspecified atom stereocenters. The molecule has 0 saturated carbocycles. The Balaban J connectivity index is 3.49. The highest BCUT2D eigenvalue weighted by atomic mass is 16.5. The van der Waals surface area contributed by atoms with Gasteiger partial charge in [-0.1, -0.05) is 288 Å². The van der Waals surface area contributed by atoms with Crippen LogP contribution in [0.3, 0.4) is 0 Å². The number of aliphatic hydroxyl groups excluding tert-OH is 2. The third-order valence-electron chi connectivity index (χ3n) is 14.9. The van der Waals surface area contributed by atoms with Gasteiger partial charge in [-0.15, -0.1) is 0 Å². The zero-order valence-electron chi connectivity index (χ0n) is 48.4. The molecule has 3 N–H and O–H groups in total. The second-order valence-corrected chi connectivity index (χ2v) is 22.1. The summed E-state index contributed by atoms with van der Waals surface area (Å²) in [6, 6.07) is -0.639. The lowest BCUT2D eigenvalue weighted by atomic mass is 10.0. The Morgan fingerprint density at radius 2 is 0.653 bits per heavy atom. The maximum atomic E-state index is 12.5. The van der Waals surface area contributed by atoms with E-state index in [1.165, 1.54) is 263 Å². The van der Waals surface area contributed by atoms with Crippen LogP contribution < -0.4 is 5.32 Å². The van der Waals surface area contributed by atoms with Crippen LogP contribution in [0.2, 0.25) is 0 Å². The zero-order valence-corrected chi connectivity index (χ0v) is 48.4. The van der Waals surface area contributed by atoms with Gasteiger partial charge in [0.2, 0.25) is 5.91 Å². The lowest BCUT2D eigenvalue weighted by Gasteiger charge is -2.20. The molecule has 0 spiro atoms. The molecule has 0 fully saturated rings. The minimum atomic E-state index is -0.854. The average Bonchev–Trinajstić information content (AvgIpc) is 3.38. The molecule has 424 valence electrons. The van der Waals surface area contributed by atoms with Gasteiger partial charge in [0.05, 0.1) is 25.4 Å². The van der Waals surface area contributed by atoms with E-state index in [4.69, 9.17) is 4.74 Å². The first-order valence-corrected chi connectivity index (χ1v) is 32.3. The van der Waals surface area contributed by atoms with Crippen LogP contribution in [0.1, 0.15) is 348 Å². The molecule has 0 aromatic heterocycles. The molecule has 0 rings (SSSR count). The van der Waals surface area contributed by atoms with E-state index >= 15 is 0 Å². The van der Waals surface area contributed by atoms with E-state index in [1.54, 1.807) is 6.08 Å². The van der Waals surface area contributed by atoms with E-state index in [0.29, 0.717) is 19.4 Å². The number of amides is 1. The Morgan fingerprint density at radius 3 is 0.986 bits per heavy atom. The fourth-order valence-electron chi connectivity index (χ4n) is 9.92. The predicted molar refractivity (Wildman–Crippen MR) is 315 cm³/mol. The van der Waals surface area contributed by atoms with Crippen LogP contribution in [0.5, 0.6) is 0 Å². The smallest absolute Gasteiger partial charge is 0.305 e. The van der Waals surface area contributed by atoms with E-state index in [0.717, 1.165) is 57.8 Å². The van der Waals surface area contributed by atoms with Gasteiger partial charge >= 0.3 is 5.97 Å². The monoisotopic (exact) mass is 1010 g/mol. The Labute approximate surface area is 449 Å². The molecule has 0 heterocycles. The van der Waals surface area contributed by atoms with Crippen LogP contribution >= 0.6 is 0 Å². The van der Waals surface area contributed by atoms with Gasteiger partial charge in [-0.25, -0.2) is 0 Å². The van der Waals surface area contributed by atoms with Gasteiger partial charge in [0, 0.05) is 12.8 Å². The first-order chi connectivity index (χ1) is 35.5. The Morgan fingerprint density at radius 1 is 0.375 bits per heavy atom. The highest BCUT2D eigenvalue weighted by molar-refractivity contribution is 5.76. The highest BCUT2D eigenvalue weighted by Gasteiger charge is 2.18. The summed E-state index contributed by atoms with van der Waals surface area (Å²) in [7, 11) is 0. The topological polar surface area (TPSA) is 95.9 Å². The van der Waals surface area contributed by atoms with Crippen LogP contribution in [-0.2, 0) is 14.3 Å². The normalized spacial score (nSPS) is 12.8. The second kappa shape index (κ2) is 61.6. The molecule has 72 heavy (non-hydrogen) atoms. The Bertz CT molecular complexity index is 1170. The SMILES string of the molecule is CCCCCCC/C=C\CCCCCCCC(=O)OCCCCCCCC/C=C\CCCCCCCCCC(=O)NC(CO)C(O)/C=C/CCCCCCCCCCCCCCCCCCCCCCCC. The van der Waals surface area contributed by atoms with Crippen molar-refractivity contribution in [3.8, 4) is 0 Å². The Hall–Kier alpha value is -1.92.